The van der Waals surface area contributed by atoms with Crippen molar-refractivity contribution >= 4 is 34.5 Å². The number of anilines is 3. The molecule has 10 heteroatoms. The molecule has 1 unspecified atom stereocenters. The number of carbonyl (C=O) groups is 1. The third-order valence-corrected chi connectivity index (χ3v) is 4.67. The number of aliphatic carboxylic acids is 1. The lowest BCUT2D eigenvalue weighted by molar-refractivity contribution is -0.138. The van der Waals surface area contributed by atoms with E-state index in [0.29, 0.717) is 23.5 Å². The molecule has 3 heterocycles. The molecule has 31 heavy (non-hydrogen) atoms. The van der Waals surface area contributed by atoms with E-state index < -0.39 is 17.7 Å². The number of nitrogens with zero attached hydrogens (tertiary/aromatic N) is 3. The van der Waals surface area contributed by atoms with Crippen LogP contribution in [0, 0.1) is 5.82 Å². The zero-order chi connectivity index (χ0) is 22.0. The van der Waals surface area contributed by atoms with E-state index in [1.54, 1.807) is 37.5 Å². The fourth-order valence-electron chi connectivity index (χ4n) is 3.19. The number of pyridine rings is 1. The number of carboxylic acid groups (broad SMARTS) is 1. The van der Waals surface area contributed by atoms with Gasteiger partial charge < -0.3 is 25.9 Å². The second kappa shape index (κ2) is 8.27. The largest absolute Gasteiger partial charge is 0.481 e. The van der Waals surface area contributed by atoms with E-state index in [9.17, 15) is 14.3 Å². The zero-order valence-electron chi connectivity index (χ0n) is 16.5. The lowest BCUT2D eigenvalue weighted by atomic mass is 10.0. The third kappa shape index (κ3) is 4.22. The summed E-state index contributed by atoms with van der Waals surface area (Å²) in [7, 11) is 0. The molecule has 0 bridgehead atoms. The Bertz CT molecular complexity index is 1260. The number of hydrogen-bond acceptors (Lipinski definition) is 7. The van der Waals surface area contributed by atoms with Gasteiger partial charge >= 0.3 is 5.97 Å². The van der Waals surface area contributed by atoms with Gasteiger partial charge in [0.2, 0.25) is 5.95 Å². The van der Waals surface area contributed by atoms with E-state index in [-0.39, 0.29) is 23.2 Å². The minimum Gasteiger partial charge on any atom is -0.481 e. The summed E-state index contributed by atoms with van der Waals surface area (Å²) < 4.78 is 20.4. The first-order chi connectivity index (χ1) is 14.9. The van der Waals surface area contributed by atoms with Crippen molar-refractivity contribution in [2.75, 3.05) is 11.1 Å². The van der Waals surface area contributed by atoms with Crippen LogP contribution in [-0.2, 0) is 4.79 Å². The van der Waals surface area contributed by atoms with Crippen LogP contribution in [0.2, 0.25) is 0 Å². The minimum atomic E-state index is -1.01. The van der Waals surface area contributed by atoms with Crippen LogP contribution < -0.4 is 15.8 Å². The number of benzene rings is 1. The second-order valence-electron chi connectivity index (χ2n) is 6.76. The van der Waals surface area contributed by atoms with Crippen molar-refractivity contribution < 1.29 is 19.0 Å². The molecule has 0 fully saturated rings. The first-order valence-corrected chi connectivity index (χ1v) is 9.48. The van der Waals surface area contributed by atoms with Crippen LogP contribution in [0.1, 0.15) is 25.0 Å². The van der Waals surface area contributed by atoms with Gasteiger partial charge in [0.25, 0.3) is 0 Å². The summed E-state index contributed by atoms with van der Waals surface area (Å²) in [6, 6.07) is 9.27. The molecule has 0 saturated heterocycles. The van der Waals surface area contributed by atoms with E-state index in [1.165, 1.54) is 18.2 Å². The van der Waals surface area contributed by atoms with Crippen molar-refractivity contribution in [2.45, 2.75) is 19.3 Å². The van der Waals surface area contributed by atoms with Gasteiger partial charge in [-0.3, -0.25) is 4.79 Å². The van der Waals surface area contributed by atoms with Crippen molar-refractivity contribution in [2.24, 2.45) is 0 Å². The molecule has 0 aliphatic rings. The molecule has 0 spiro atoms. The number of aromatic amines is 1. The van der Waals surface area contributed by atoms with Gasteiger partial charge in [0.15, 0.2) is 11.6 Å². The quantitative estimate of drug-likeness (QED) is 0.348. The van der Waals surface area contributed by atoms with Crippen molar-refractivity contribution in [3.05, 3.63) is 60.3 Å². The van der Waals surface area contributed by atoms with Crippen LogP contribution in [0.3, 0.4) is 0 Å². The summed E-state index contributed by atoms with van der Waals surface area (Å²) in [5.41, 5.74) is 7.03. The summed E-state index contributed by atoms with van der Waals surface area (Å²) in [4.78, 5) is 26.6. The van der Waals surface area contributed by atoms with Gasteiger partial charge in [-0.2, -0.15) is 4.98 Å². The van der Waals surface area contributed by atoms with Gasteiger partial charge in [0.05, 0.1) is 17.0 Å². The smallest absolute Gasteiger partial charge is 0.312 e. The Morgan fingerprint density at radius 3 is 2.84 bits per heavy atom. The highest BCUT2D eigenvalue weighted by Crippen LogP contribution is 2.32. The molecule has 1 aromatic carbocycles. The number of H-pyrrole nitrogens is 1. The van der Waals surface area contributed by atoms with Crippen LogP contribution in [-0.4, -0.2) is 31.0 Å². The number of hydrogen-bond donors (Lipinski definition) is 4. The number of nitrogen functional groups attached to an aromatic ring is 1. The Morgan fingerprint density at radius 1 is 1.26 bits per heavy atom. The maximum Gasteiger partial charge on any atom is 0.312 e. The molecule has 0 amide bonds. The molecular formula is C21H19FN6O3. The summed E-state index contributed by atoms with van der Waals surface area (Å²) in [6.45, 7) is 1.74. The summed E-state index contributed by atoms with van der Waals surface area (Å²) in [6.07, 6.45) is 3.64. The van der Waals surface area contributed by atoms with E-state index in [0.717, 1.165) is 5.39 Å². The SMILES string of the molecule is CCC(C(=O)O)c1cc(Nc2ccc(Oc3ccnc4[nH]ccc34)c(F)c2)nc(N)n1. The molecule has 0 saturated carbocycles. The molecular weight excluding hydrogens is 403 g/mol. The average Bonchev–Trinajstić information content (AvgIpc) is 3.20. The molecule has 5 N–H and O–H groups in total. The van der Waals surface area contributed by atoms with Crippen molar-refractivity contribution in [1.29, 1.82) is 0 Å². The van der Waals surface area contributed by atoms with Crippen molar-refractivity contribution in [1.82, 2.24) is 19.9 Å². The highest BCUT2D eigenvalue weighted by Gasteiger charge is 2.21. The molecule has 0 aliphatic heterocycles. The average molecular weight is 422 g/mol. The monoisotopic (exact) mass is 422 g/mol. The first-order valence-electron chi connectivity index (χ1n) is 9.48. The molecule has 1 atom stereocenters. The van der Waals surface area contributed by atoms with E-state index in [1.807, 2.05) is 0 Å². The standard InChI is InChI=1S/C21H19FN6O3/c1-2-12(20(29)30)15-10-18(28-21(23)27-15)26-11-3-4-17(14(22)9-11)31-16-6-8-25-19-13(16)5-7-24-19/h3-10,12H,2H2,1H3,(H,24,25)(H,29,30)(H3,23,26,27,28). The number of fused-ring (bicyclic) bond motifs is 1. The van der Waals surface area contributed by atoms with E-state index in [4.69, 9.17) is 10.5 Å². The van der Waals surface area contributed by atoms with Crippen LogP contribution in [0.5, 0.6) is 11.5 Å². The van der Waals surface area contributed by atoms with Gasteiger partial charge in [-0.1, -0.05) is 6.92 Å². The first kappa shape index (κ1) is 20.1. The Labute approximate surface area is 176 Å². The topological polar surface area (TPSA) is 139 Å². The molecule has 3 aromatic heterocycles. The van der Waals surface area contributed by atoms with Gasteiger partial charge in [-0.05, 0) is 30.7 Å². The Kier molecular flexibility index (Phi) is 5.35. The number of aromatic nitrogens is 4. The molecule has 9 nitrogen and oxygen atoms in total. The number of carboxylic acids is 1. The lowest BCUT2D eigenvalue weighted by Gasteiger charge is -2.13. The van der Waals surface area contributed by atoms with Crippen LogP contribution >= 0.6 is 0 Å². The minimum absolute atomic E-state index is 0.0408. The second-order valence-corrected chi connectivity index (χ2v) is 6.76. The predicted molar refractivity (Wildman–Crippen MR) is 113 cm³/mol. The molecule has 158 valence electrons. The lowest BCUT2D eigenvalue weighted by Crippen LogP contribution is -2.14. The van der Waals surface area contributed by atoms with E-state index >= 15 is 0 Å². The third-order valence-electron chi connectivity index (χ3n) is 4.67. The Morgan fingerprint density at radius 2 is 2.10 bits per heavy atom. The van der Waals surface area contributed by atoms with Gasteiger partial charge in [-0.15, -0.1) is 0 Å². The number of ether oxygens (including phenoxy) is 1. The zero-order valence-corrected chi connectivity index (χ0v) is 16.5. The van der Waals surface area contributed by atoms with Crippen molar-refractivity contribution in [3.63, 3.8) is 0 Å². The predicted octanol–water partition coefficient (Wildman–Crippen LogP) is 4.19. The number of nitrogens with two attached hydrogens (primary N) is 1. The molecule has 4 rings (SSSR count). The van der Waals surface area contributed by atoms with Crippen LogP contribution in [0.4, 0.5) is 21.8 Å². The number of rotatable bonds is 7. The highest BCUT2D eigenvalue weighted by molar-refractivity contribution is 5.82. The fraction of sp³-hybridized carbons (Fsp3) is 0.143. The number of nitrogens with one attached hydrogen (secondary N) is 2. The number of halogens is 1. The van der Waals surface area contributed by atoms with Crippen molar-refractivity contribution in [3.8, 4) is 11.5 Å². The molecule has 0 radical (unpaired) electrons. The molecule has 4 aromatic rings. The molecule has 0 aliphatic carbocycles. The van der Waals surface area contributed by atoms with Gasteiger partial charge in [0, 0.05) is 30.2 Å². The summed E-state index contributed by atoms with van der Waals surface area (Å²) >= 11 is 0. The highest BCUT2D eigenvalue weighted by atomic mass is 19.1. The van der Waals surface area contributed by atoms with E-state index in [2.05, 4.69) is 25.3 Å². The fourth-order valence-corrected chi connectivity index (χ4v) is 3.19. The van der Waals surface area contributed by atoms with Gasteiger partial charge in [-0.25, -0.2) is 14.4 Å². The van der Waals surface area contributed by atoms with Crippen LogP contribution in [0.25, 0.3) is 11.0 Å². The Hall–Kier alpha value is -4.21. The summed E-state index contributed by atoms with van der Waals surface area (Å²) in [5, 5.41) is 13.0. The van der Waals surface area contributed by atoms with Gasteiger partial charge in [0.1, 0.15) is 17.2 Å². The maximum atomic E-state index is 14.7. The van der Waals surface area contributed by atoms with Crippen LogP contribution in [0.15, 0.2) is 48.8 Å². The normalized spacial score (nSPS) is 11.9. The summed E-state index contributed by atoms with van der Waals surface area (Å²) in [5.74, 6) is -1.72. The Balaban J connectivity index is 1.57. The maximum absolute atomic E-state index is 14.7.